The molecule has 0 saturated heterocycles. The van der Waals surface area contributed by atoms with Crippen molar-refractivity contribution in [2.75, 3.05) is 13.2 Å². The number of allylic oxidation sites excluding steroid dienone is 4. The molecule has 0 bridgehead atoms. The smallest absolute Gasteiger partial charge is 0.458 e. The van der Waals surface area contributed by atoms with Gasteiger partial charge in [0.05, 0.1) is 6.61 Å². The van der Waals surface area contributed by atoms with E-state index in [1.165, 1.54) is 44.1 Å². The van der Waals surface area contributed by atoms with Crippen molar-refractivity contribution in [2.45, 2.75) is 165 Å². The average Bonchev–Trinajstić information content (AvgIpc) is 3.35. The van der Waals surface area contributed by atoms with Crippen molar-refractivity contribution < 1.29 is 28.2 Å². The Kier molecular flexibility index (Phi) is 12.0. The molecule has 296 valence electrons. The molecule has 0 spiro atoms. The van der Waals surface area contributed by atoms with Crippen LogP contribution < -0.4 is 4.74 Å². The Labute approximate surface area is 323 Å². The summed E-state index contributed by atoms with van der Waals surface area (Å²) < 4.78 is 23.4. The minimum Gasteiger partial charge on any atom is -0.458 e. The van der Waals surface area contributed by atoms with E-state index >= 15 is 0 Å². The van der Waals surface area contributed by atoms with Gasteiger partial charge in [-0.3, -0.25) is 0 Å². The van der Waals surface area contributed by atoms with Crippen molar-refractivity contribution in [3.63, 3.8) is 0 Å². The highest BCUT2D eigenvalue weighted by molar-refractivity contribution is 6.74. The molecule has 1 aromatic rings. The number of hydrogen-bond acceptors (Lipinski definition) is 6. The maximum absolute atomic E-state index is 13.8. The van der Waals surface area contributed by atoms with Gasteiger partial charge in [-0.05, 0) is 142 Å². The number of hydrogen-bond donors (Lipinski definition) is 0. The number of carbonyl (C=O) groups is 2. The first-order valence-electron chi connectivity index (χ1n) is 20.7. The molecule has 0 aliphatic heterocycles. The molecule has 0 radical (unpaired) electrons. The Balaban J connectivity index is 1.25. The van der Waals surface area contributed by atoms with Crippen LogP contribution in [0, 0.1) is 39.4 Å². The number of benzene rings is 1. The van der Waals surface area contributed by atoms with Crippen LogP contribution in [0.15, 0.2) is 47.1 Å². The van der Waals surface area contributed by atoms with Crippen molar-refractivity contribution in [3.8, 4) is 5.75 Å². The molecular weight excluding hydrogens is 677 g/mol. The average molecular weight is 749 g/mol. The fourth-order valence-electron chi connectivity index (χ4n) is 11.3. The maximum Gasteiger partial charge on any atom is 0.513 e. The molecule has 4 aliphatic rings. The molecule has 2 saturated carbocycles. The first kappa shape index (κ1) is 41.8. The van der Waals surface area contributed by atoms with Gasteiger partial charge in [0.25, 0.3) is 0 Å². The molecule has 0 amide bonds. The fraction of sp³-hybridized carbons (Fsp3) is 0.739. The Morgan fingerprint density at radius 2 is 1.62 bits per heavy atom. The standard InChI is InChI=1S/C46H72O6Si/c1-31(2)17-16-18-32(3)34-23-27-46(11)36-21-22-38-43(7,8)39(25-26-44(38,9)35(36)24-28-45(34,46)10)52-40(47)33-19-14-15-20-37(33)51-41(48)49-29-30-50-53(12,13)42(4,5)6/h14-15,17,19-20,32,34,38-39H,16,18,21-30H2,1-13H3/t32-,34-,38+,39+,44-,45-,46+/m1/s1. The molecule has 0 N–H and O–H groups in total. The van der Waals surface area contributed by atoms with Crippen LogP contribution in [0.3, 0.4) is 0 Å². The highest BCUT2D eigenvalue weighted by atomic mass is 28.4. The second-order valence-electron chi connectivity index (χ2n) is 20.3. The summed E-state index contributed by atoms with van der Waals surface area (Å²) in [5.41, 5.74) is 5.72. The van der Waals surface area contributed by atoms with Gasteiger partial charge in [0.2, 0.25) is 0 Å². The van der Waals surface area contributed by atoms with Crippen molar-refractivity contribution in [3.05, 3.63) is 52.6 Å². The third kappa shape index (κ3) is 7.86. The van der Waals surface area contributed by atoms with Crippen LogP contribution in [0.25, 0.3) is 0 Å². The summed E-state index contributed by atoms with van der Waals surface area (Å²) in [7, 11) is -1.95. The van der Waals surface area contributed by atoms with Crippen LogP contribution >= 0.6 is 0 Å². The first-order valence-corrected chi connectivity index (χ1v) is 23.6. The normalized spacial score (nSPS) is 31.5. The summed E-state index contributed by atoms with van der Waals surface area (Å²) in [5, 5.41) is 0.0648. The summed E-state index contributed by atoms with van der Waals surface area (Å²) in [4.78, 5) is 26.5. The lowest BCUT2D eigenvalue weighted by molar-refractivity contribution is -0.104. The number of rotatable bonds is 11. The van der Waals surface area contributed by atoms with E-state index in [1.54, 1.807) is 35.4 Å². The summed E-state index contributed by atoms with van der Waals surface area (Å²) in [6, 6.07) is 6.81. The van der Waals surface area contributed by atoms with E-state index in [2.05, 4.69) is 95.3 Å². The minimum atomic E-state index is -1.95. The summed E-state index contributed by atoms with van der Waals surface area (Å²) in [6.45, 7) is 30.6. The minimum absolute atomic E-state index is 0.0648. The third-order valence-corrected chi connectivity index (χ3v) is 20.3. The molecule has 5 rings (SSSR count). The fourth-order valence-corrected chi connectivity index (χ4v) is 12.4. The van der Waals surface area contributed by atoms with Gasteiger partial charge in [0, 0.05) is 5.41 Å². The molecule has 0 heterocycles. The predicted molar refractivity (Wildman–Crippen MR) is 218 cm³/mol. The second kappa shape index (κ2) is 15.3. The number of ether oxygens (including phenoxy) is 3. The molecule has 0 unspecified atom stereocenters. The Hall–Kier alpha value is -2.38. The second-order valence-corrected chi connectivity index (χ2v) is 25.1. The van der Waals surface area contributed by atoms with Crippen LogP contribution in [0.1, 0.15) is 151 Å². The molecule has 53 heavy (non-hydrogen) atoms. The zero-order valence-electron chi connectivity index (χ0n) is 35.6. The highest BCUT2D eigenvalue weighted by Gasteiger charge is 2.63. The van der Waals surface area contributed by atoms with E-state index in [-0.39, 0.29) is 45.3 Å². The molecule has 1 aromatic carbocycles. The van der Waals surface area contributed by atoms with E-state index in [9.17, 15) is 9.59 Å². The molecule has 2 fully saturated rings. The van der Waals surface area contributed by atoms with Crippen molar-refractivity contribution in [1.82, 2.24) is 0 Å². The molecule has 7 atom stereocenters. The quantitative estimate of drug-likeness (QED) is 0.0738. The van der Waals surface area contributed by atoms with Gasteiger partial charge in [-0.15, -0.1) is 0 Å². The zero-order valence-corrected chi connectivity index (χ0v) is 36.6. The van der Waals surface area contributed by atoms with Gasteiger partial charge in [0.15, 0.2) is 8.32 Å². The molecular formula is C46H72O6Si. The highest BCUT2D eigenvalue weighted by Crippen LogP contribution is 2.72. The molecule has 4 aliphatic carbocycles. The van der Waals surface area contributed by atoms with E-state index in [4.69, 9.17) is 18.6 Å². The van der Waals surface area contributed by atoms with Gasteiger partial charge >= 0.3 is 12.1 Å². The van der Waals surface area contributed by atoms with Crippen LogP contribution in [0.5, 0.6) is 5.75 Å². The summed E-state index contributed by atoms with van der Waals surface area (Å²) >= 11 is 0. The molecule has 7 heteroatoms. The van der Waals surface area contributed by atoms with E-state index < -0.39 is 20.4 Å². The Bertz CT molecular complexity index is 1580. The lowest BCUT2D eigenvalue weighted by atomic mass is 9.43. The van der Waals surface area contributed by atoms with Gasteiger partial charge in [-0.2, -0.15) is 0 Å². The van der Waals surface area contributed by atoms with E-state index in [1.807, 2.05) is 0 Å². The molecule has 0 aromatic heterocycles. The number of carbonyl (C=O) groups excluding carboxylic acids is 2. The van der Waals surface area contributed by atoms with Crippen molar-refractivity contribution >= 4 is 20.4 Å². The number of para-hydroxylation sites is 1. The SMILES string of the molecule is CC(C)=CCC[C@@H](C)[C@H]1CC[C@@]2(C)C3=C(CC[C@]12C)[C@@]1(C)CC[C@H](OC(=O)c2ccccc2OC(=O)OCCO[Si](C)(C)C(C)(C)C)C(C)(C)[C@@H]1CC3. The van der Waals surface area contributed by atoms with Crippen LogP contribution in [0.4, 0.5) is 4.79 Å². The van der Waals surface area contributed by atoms with Crippen LogP contribution in [-0.4, -0.2) is 39.8 Å². The van der Waals surface area contributed by atoms with Gasteiger partial charge in [-0.25, -0.2) is 9.59 Å². The monoisotopic (exact) mass is 749 g/mol. The zero-order chi connectivity index (χ0) is 39.2. The van der Waals surface area contributed by atoms with E-state index in [0.717, 1.165) is 37.5 Å². The van der Waals surface area contributed by atoms with Gasteiger partial charge in [-0.1, -0.05) is 97.2 Å². The topological polar surface area (TPSA) is 71.1 Å². The number of fused-ring (bicyclic) bond motifs is 4. The van der Waals surface area contributed by atoms with E-state index in [0.29, 0.717) is 17.9 Å². The lowest BCUT2D eigenvalue weighted by Crippen LogP contribution is -2.55. The lowest BCUT2D eigenvalue weighted by Gasteiger charge is -2.62. The Morgan fingerprint density at radius 1 is 0.925 bits per heavy atom. The van der Waals surface area contributed by atoms with Crippen molar-refractivity contribution in [1.29, 1.82) is 0 Å². The largest absolute Gasteiger partial charge is 0.513 e. The maximum atomic E-state index is 13.8. The first-order chi connectivity index (χ1) is 24.6. The van der Waals surface area contributed by atoms with Crippen LogP contribution in [-0.2, 0) is 13.9 Å². The number of esters is 1. The van der Waals surface area contributed by atoms with Crippen LogP contribution in [0.2, 0.25) is 18.1 Å². The summed E-state index contributed by atoms with van der Waals surface area (Å²) in [6.07, 6.45) is 13.1. The van der Waals surface area contributed by atoms with Crippen molar-refractivity contribution in [2.24, 2.45) is 39.4 Å². The van der Waals surface area contributed by atoms with Gasteiger partial charge in [0.1, 0.15) is 24.0 Å². The Morgan fingerprint density at radius 3 is 2.30 bits per heavy atom. The molecule has 6 nitrogen and oxygen atoms in total. The van der Waals surface area contributed by atoms with Gasteiger partial charge < -0.3 is 18.6 Å². The predicted octanol–water partition coefficient (Wildman–Crippen LogP) is 12.9. The summed E-state index contributed by atoms with van der Waals surface area (Å²) in [5.74, 6) is 1.63. The third-order valence-electron chi connectivity index (χ3n) is 15.7.